The monoisotopic (exact) mass is 231 g/mol. The van der Waals surface area contributed by atoms with Crippen molar-refractivity contribution < 1.29 is 4.74 Å². The van der Waals surface area contributed by atoms with E-state index in [1.165, 1.54) is 37.8 Å². The van der Waals surface area contributed by atoms with Gasteiger partial charge in [0.05, 0.1) is 7.11 Å². The van der Waals surface area contributed by atoms with Crippen LogP contribution in [0.3, 0.4) is 0 Å². The van der Waals surface area contributed by atoms with Crippen molar-refractivity contribution in [2.45, 2.75) is 37.6 Å². The lowest BCUT2D eigenvalue weighted by molar-refractivity contribution is 0.143. The molecule has 1 aromatic rings. The van der Waals surface area contributed by atoms with Gasteiger partial charge in [0, 0.05) is 6.04 Å². The van der Waals surface area contributed by atoms with Crippen LogP contribution in [0.1, 0.15) is 36.3 Å². The van der Waals surface area contributed by atoms with Crippen LogP contribution < -0.4 is 4.74 Å². The Morgan fingerprint density at radius 3 is 3.00 bits per heavy atom. The van der Waals surface area contributed by atoms with E-state index in [4.69, 9.17) is 4.74 Å². The highest BCUT2D eigenvalue weighted by atomic mass is 16.5. The molecule has 2 unspecified atom stereocenters. The van der Waals surface area contributed by atoms with Crippen LogP contribution >= 0.6 is 0 Å². The average Bonchev–Trinajstić information content (AvgIpc) is 2.38. The van der Waals surface area contributed by atoms with E-state index in [-0.39, 0.29) is 0 Å². The van der Waals surface area contributed by atoms with Crippen LogP contribution in [-0.2, 0) is 6.42 Å². The fourth-order valence-electron chi connectivity index (χ4n) is 3.60. The van der Waals surface area contributed by atoms with Crippen molar-refractivity contribution in [1.29, 1.82) is 0 Å². The number of benzene rings is 1. The van der Waals surface area contributed by atoms with Gasteiger partial charge in [-0.2, -0.15) is 0 Å². The van der Waals surface area contributed by atoms with Crippen LogP contribution in [0.25, 0.3) is 0 Å². The molecule has 1 aliphatic heterocycles. The molecule has 2 nitrogen and oxygen atoms in total. The average molecular weight is 231 g/mol. The van der Waals surface area contributed by atoms with Gasteiger partial charge < -0.3 is 9.64 Å². The van der Waals surface area contributed by atoms with Gasteiger partial charge in [0.1, 0.15) is 5.75 Å². The Hall–Kier alpha value is -1.02. The first-order valence-corrected chi connectivity index (χ1v) is 6.66. The van der Waals surface area contributed by atoms with Crippen molar-refractivity contribution in [3.8, 4) is 5.75 Å². The first-order chi connectivity index (χ1) is 8.29. The molecule has 3 rings (SSSR count). The van der Waals surface area contributed by atoms with E-state index in [1.807, 2.05) is 0 Å². The van der Waals surface area contributed by atoms with Crippen molar-refractivity contribution in [2.24, 2.45) is 0 Å². The van der Waals surface area contributed by atoms with Gasteiger partial charge in [0.15, 0.2) is 0 Å². The van der Waals surface area contributed by atoms with Crippen molar-refractivity contribution in [1.82, 2.24) is 4.90 Å². The van der Waals surface area contributed by atoms with Gasteiger partial charge in [-0.15, -0.1) is 0 Å². The largest absolute Gasteiger partial charge is 0.497 e. The number of likely N-dealkylation sites (N-methyl/N-ethyl adjacent to an activating group) is 1. The molecule has 1 fully saturated rings. The van der Waals surface area contributed by atoms with Crippen molar-refractivity contribution in [2.75, 3.05) is 20.7 Å². The molecule has 17 heavy (non-hydrogen) atoms. The molecule has 0 bridgehead atoms. The lowest BCUT2D eigenvalue weighted by Gasteiger charge is -2.43. The van der Waals surface area contributed by atoms with Crippen LogP contribution in [0.4, 0.5) is 0 Å². The fourth-order valence-corrected chi connectivity index (χ4v) is 3.60. The SMILES string of the molecule is COc1ccc2c(c1)CCC1C2CCCN1C. The molecule has 1 aromatic carbocycles. The standard InChI is InChI=1S/C15H21NO/c1-16-9-3-4-14-13-7-6-12(17-2)10-11(13)5-8-15(14)16/h6-7,10,14-15H,3-5,8-9H2,1-2H3. The van der Waals surface area contributed by atoms with Crippen LogP contribution in [0, 0.1) is 0 Å². The number of aryl methyl sites for hydroxylation is 1. The summed E-state index contributed by atoms with van der Waals surface area (Å²) in [6.45, 7) is 1.27. The summed E-state index contributed by atoms with van der Waals surface area (Å²) in [4.78, 5) is 2.56. The molecule has 0 spiro atoms. The van der Waals surface area contributed by atoms with Crippen LogP contribution in [0.15, 0.2) is 18.2 Å². The molecule has 1 saturated heterocycles. The quantitative estimate of drug-likeness (QED) is 0.737. The summed E-state index contributed by atoms with van der Waals surface area (Å²) < 4.78 is 5.33. The highest BCUT2D eigenvalue weighted by molar-refractivity contribution is 5.40. The van der Waals surface area contributed by atoms with Gasteiger partial charge in [0.2, 0.25) is 0 Å². The maximum absolute atomic E-state index is 5.33. The third-order valence-corrected chi connectivity index (χ3v) is 4.52. The number of methoxy groups -OCH3 is 1. The Balaban J connectivity index is 1.96. The topological polar surface area (TPSA) is 12.5 Å². The summed E-state index contributed by atoms with van der Waals surface area (Å²) in [5, 5.41) is 0. The molecule has 0 radical (unpaired) electrons. The molecule has 0 aromatic heterocycles. The molecule has 2 heteroatoms. The third-order valence-electron chi connectivity index (χ3n) is 4.52. The van der Waals surface area contributed by atoms with Gasteiger partial charge in [-0.25, -0.2) is 0 Å². The Morgan fingerprint density at radius 1 is 1.29 bits per heavy atom. The van der Waals surface area contributed by atoms with E-state index in [1.54, 1.807) is 12.7 Å². The van der Waals surface area contributed by atoms with Crippen molar-refractivity contribution in [3.05, 3.63) is 29.3 Å². The minimum atomic E-state index is 0.753. The minimum Gasteiger partial charge on any atom is -0.497 e. The van der Waals surface area contributed by atoms with Crippen LogP contribution in [-0.4, -0.2) is 31.6 Å². The normalized spacial score (nSPS) is 28.4. The number of hydrogen-bond acceptors (Lipinski definition) is 2. The minimum absolute atomic E-state index is 0.753. The van der Waals surface area contributed by atoms with Crippen molar-refractivity contribution >= 4 is 0 Å². The number of fused-ring (bicyclic) bond motifs is 3. The number of hydrogen-bond donors (Lipinski definition) is 0. The lowest BCUT2D eigenvalue weighted by atomic mass is 9.74. The molecular formula is C15H21NO. The molecule has 2 atom stereocenters. The second-order valence-corrected chi connectivity index (χ2v) is 5.40. The summed E-state index contributed by atoms with van der Waals surface area (Å²) in [7, 11) is 4.03. The number of likely N-dealkylation sites (tertiary alicyclic amines) is 1. The fraction of sp³-hybridized carbons (Fsp3) is 0.600. The Kier molecular flexibility index (Phi) is 2.83. The molecule has 0 saturated carbocycles. The van der Waals surface area contributed by atoms with Gasteiger partial charge in [-0.05, 0) is 68.5 Å². The molecular weight excluding hydrogens is 210 g/mol. The van der Waals surface area contributed by atoms with Gasteiger partial charge in [-0.3, -0.25) is 0 Å². The predicted octanol–water partition coefficient (Wildman–Crippen LogP) is 2.82. The highest BCUT2D eigenvalue weighted by Crippen LogP contribution is 2.40. The zero-order chi connectivity index (χ0) is 11.8. The van der Waals surface area contributed by atoms with Crippen LogP contribution in [0.5, 0.6) is 5.75 Å². The van der Waals surface area contributed by atoms with Crippen molar-refractivity contribution in [3.63, 3.8) is 0 Å². The molecule has 0 amide bonds. The second kappa shape index (κ2) is 4.34. The molecule has 2 aliphatic rings. The zero-order valence-electron chi connectivity index (χ0n) is 10.8. The van der Waals surface area contributed by atoms with E-state index in [0.29, 0.717) is 0 Å². The zero-order valence-corrected chi connectivity index (χ0v) is 10.8. The predicted molar refractivity (Wildman–Crippen MR) is 69.7 cm³/mol. The third kappa shape index (κ3) is 1.85. The van der Waals surface area contributed by atoms with E-state index in [2.05, 4.69) is 30.1 Å². The molecule has 1 aliphatic carbocycles. The summed E-state index contributed by atoms with van der Waals surface area (Å²) in [5.41, 5.74) is 3.09. The Labute approximate surface area is 104 Å². The first kappa shape index (κ1) is 11.1. The Bertz CT molecular complexity index is 415. The Morgan fingerprint density at radius 2 is 2.18 bits per heavy atom. The van der Waals surface area contributed by atoms with E-state index < -0.39 is 0 Å². The highest BCUT2D eigenvalue weighted by Gasteiger charge is 2.34. The lowest BCUT2D eigenvalue weighted by Crippen LogP contribution is -2.43. The van der Waals surface area contributed by atoms with E-state index >= 15 is 0 Å². The first-order valence-electron chi connectivity index (χ1n) is 6.66. The smallest absolute Gasteiger partial charge is 0.119 e. The maximum atomic E-state index is 5.33. The van der Waals surface area contributed by atoms with Gasteiger partial charge in [0.25, 0.3) is 0 Å². The summed E-state index contributed by atoms with van der Waals surface area (Å²) >= 11 is 0. The molecule has 0 N–H and O–H groups in total. The summed E-state index contributed by atoms with van der Waals surface area (Å²) in [5.74, 6) is 1.76. The summed E-state index contributed by atoms with van der Waals surface area (Å²) in [6, 6.07) is 7.42. The number of nitrogens with zero attached hydrogens (tertiary/aromatic N) is 1. The number of ether oxygens (including phenoxy) is 1. The maximum Gasteiger partial charge on any atom is 0.119 e. The van der Waals surface area contributed by atoms with E-state index in [9.17, 15) is 0 Å². The second-order valence-electron chi connectivity index (χ2n) is 5.40. The van der Waals surface area contributed by atoms with Gasteiger partial charge >= 0.3 is 0 Å². The number of rotatable bonds is 1. The number of piperidine rings is 1. The summed E-state index contributed by atoms with van der Waals surface area (Å²) in [6.07, 6.45) is 5.21. The molecule has 92 valence electrons. The molecule has 1 heterocycles. The van der Waals surface area contributed by atoms with Gasteiger partial charge in [-0.1, -0.05) is 6.07 Å². The van der Waals surface area contributed by atoms with E-state index in [0.717, 1.165) is 17.7 Å². The van der Waals surface area contributed by atoms with Crippen LogP contribution in [0.2, 0.25) is 0 Å².